The Kier molecular flexibility index (Phi) is 5.78. The van der Waals surface area contributed by atoms with E-state index < -0.39 is 0 Å². The molecule has 0 saturated carbocycles. The Morgan fingerprint density at radius 2 is 1.62 bits per heavy atom. The number of nitrogens with zero attached hydrogens (tertiary/aromatic N) is 1. The fourth-order valence-corrected chi connectivity index (χ4v) is 2.90. The lowest BCUT2D eigenvalue weighted by molar-refractivity contribution is 0.650. The minimum absolute atomic E-state index is 0.234. The maximum atomic E-state index is 8.25. The summed E-state index contributed by atoms with van der Waals surface area (Å²) in [6, 6.07) is 19.7. The van der Waals surface area contributed by atoms with Crippen LogP contribution >= 0.6 is 24.0 Å². The highest BCUT2D eigenvalue weighted by molar-refractivity contribution is 7.99. The Morgan fingerprint density at radius 1 is 1.05 bits per heavy atom. The number of thioether (sulfide) groups is 1. The lowest BCUT2D eigenvalue weighted by Crippen LogP contribution is -2.41. The van der Waals surface area contributed by atoms with Gasteiger partial charge in [-0.1, -0.05) is 48.5 Å². The molecule has 3 N–H and O–H groups in total. The van der Waals surface area contributed by atoms with E-state index in [-0.39, 0.29) is 5.11 Å². The minimum Gasteiger partial charge on any atom is -0.376 e. The highest BCUT2D eigenvalue weighted by Crippen LogP contribution is 2.17. The summed E-state index contributed by atoms with van der Waals surface area (Å²) < 4.78 is 0. The van der Waals surface area contributed by atoms with E-state index in [0.29, 0.717) is 12.4 Å². The van der Waals surface area contributed by atoms with E-state index in [4.69, 9.17) is 23.4 Å². The maximum Gasteiger partial charge on any atom is 0.172 e. The molecule has 2 aromatic rings. The van der Waals surface area contributed by atoms with Gasteiger partial charge in [-0.15, -0.1) is 11.8 Å². The highest BCUT2D eigenvalue weighted by Gasteiger charge is 2.14. The third-order valence-electron chi connectivity index (χ3n) is 2.91. The van der Waals surface area contributed by atoms with E-state index in [2.05, 4.69) is 12.1 Å². The Labute approximate surface area is 134 Å². The molecule has 0 amide bonds. The summed E-state index contributed by atoms with van der Waals surface area (Å²) in [5.41, 5.74) is 6.58. The SMILES string of the molecule is N=C(c1ccccc1)N(CCSc1ccccc1)C(N)=S. The topological polar surface area (TPSA) is 53.1 Å². The molecule has 0 aliphatic carbocycles. The average molecular weight is 315 g/mol. The fraction of sp³-hybridized carbons (Fsp3) is 0.125. The molecular weight excluding hydrogens is 298 g/mol. The monoisotopic (exact) mass is 315 g/mol. The van der Waals surface area contributed by atoms with E-state index in [0.717, 1.165) is 11.3 Å². The first-order valence-electron chi connectivity index (χ1n) is 6.57. The molecule has 2 aromatic carbocycles. The molecule has 0 radical (unpaired) electrons. The zero-order valence-corrected chi connectivity index (χ0v) is 13.2. The Balaban J connectivity index is 1.97. The van der Waals surface area contributed by atoms with Crippen molar-refractivity contribution in [1.29, 1.82) is 5.41 Å². The van der Waals surface area contributed by atoms with Gasteiger partial charge in [0, 0.05) is 22.8 Å². The molecule has 0 fully saturated rings. The lowest BCUT2D eigenvalue weighted by atomic mass is 10.2. The van der Waals surface area contributed by atoms with Crippen molar-refractivity contribution >= 4 is 34.9 Å². The second-order valence-electron chi connectivity index (χ2n) is 4.37. The van der Waals surface area contributed by atoms with E-state index >= 15 is 0 Å². The van der Waals surface area contributed by atoms with Crippen LogP contribution in [0.5, 0.6) is 0 Å². The number of hydrogen-bond donors (Lipinski definition) is 2. The predicted octanol–water partition coefficient (Wildman–Crippen LogP) is 3.35. The van der Waals surface area contributed by atoms with Gasteiger partial charge < -0.3 is 10.6 Å². The van der Waals surface area contributed by atoms with Gasteiger partial charge in [0.1, 0.15) is 5.84 Å². The summed E-state index contributed by atoms with van der Waals surface area (Å²) in [5, 5.41) is 8.48. The largest absolute Gasteiger partial charge is 0.376 e. The van der Waals surface area contributed by atoms with Gasteiger partial charge >= 0.3 is 0 Å². The molecule has 0 aliphatic heterocycles. The van der Waals surface area contributed by atoms with Crippen molar-refractivity contribution in [2.45, 2.75) is 4.90 Å². The van der Waals surface area contributed by atoms with Gasteiger partial charge in [-0.2, -0.15) is 0 Å². The standard InChI is InChI=1S/C16H17N3S2/c17-15(13-7-3-1-4-8-13)19(16(18)20)11-12-21-14-9-5-2-6-10-14/h1-10,17H,11-12H2,(H2,18,20). The maximum absolute atomic E-state index is 8.25. The Bertz CT molecular complexity index is 599. The van der Waals surface area contributed by atoms with E-state index in [1.54, 1.807) is 16.7 Å². The van der Waals surface area contributed by atoms with Gasteiger partial charge in [0.2, 0.25) is 0 Å². The average Bonchev–Trinajstić information content (AvgIpc) is 2.52. The summed E-state index contributed by atoms with van der Waals surface area (Å²) in [5.74, 6) is 1.16. The summed E-state index contributed by atoms with van der Waals surface area (Å²) in [6.07, 6.45) is 0. The van der Waals surface area contributed by atoms with E-state index in [1.807, 2.05) is 48.5 Å². The zero-order chi connectivity index (χ0) is 15.1. The normalized spacial score (nSPS) is 10.1. The fourth-order valence-electron chi connectivity index (χ4n) is 1.86. The summed E-state index contributed by atoms with van der Waals surface area (Å²) in [6.45, 7) is 0.614. The van der Waals surface area contributed by atoms with Crippen LogP contribution in [0.3, 0.4) is 0 Å². The zero-order valence-electron chi connectivity index (χ0n) is 11.5. The number of rotatable bonds is 5. The number of nitrogens with two attached hydrogens (primary N) is 1. The van der Waals surface area contributed by atoms with Crippen LogP contribution in [0.2, 0.25) is 0 Å². The van der Waals surface area contributed by atoms with Crippen molar-refractivity contribution in [3.05, 3.63) is 66.2 Å². The van der Waals surface area contributed by atoms with E-state index in [9.17, 15) is 0 Å². The van der Waals surface area contributed by atoms with Crippen molar-refractivity contribution in [1.82, 2.24) is 4.90 Å². The molecule has 0 atom stereocenters. The van der Waals surface area contributed by atoms with Crippen LogP contribution in [0.15, 0.2) is 65.6 Å². The van der Waals surface area contributed by atoms with E-state index in [1.165, 1.54) is 4.90 Å². The van der Waals surface area contributed by atoms with Crippen molar-refractivity contribution in [2.75, 3.05) is 12.3 Å². The number of nitrogens with one attached hydrogen (secondary N) is 1. The molecule has 3 nitrogen and oxygen atoms in total. The van der Waals surface area contributed by atoms with Crippen LogP contribution in [-0.2, 0) is 0 Å². The smallest absolute Gasteiger partial charge is 0.172 e. The van der Waals surface area contributed by atoms with Crippen molar-refractivity contribution in [3.8, 4) is 0 Å². The summed E-state index contributed by atoms with van der Waals surface area (Å²) in [4.78, 5) is 2.87. The molecule has 5 heteroatoms. The quantitative estimate of drug-likeness (QED) is 0.384. The molecule has 0 unspecified atom stereocenters. The van der Waals surface area contributed by atoms with Gasteiger partial charge in [-0.25, -0.2) is 0 Å². The minimum atomic E-state index is 0.234. The lowest BCUT2D eigenvalue weighted by Gasteiger charge is -2.23. The molecule has 2 rings (SSSR count). The number of amidine groups is 1. The molecule has 0 bridgehead atoms. The van der Waals surface area contributed by atoms with Crippen LogP contribution in [0.4, 0.5) is 0 Å². The predicted molar refractivity (Wildman–Crippen MR) is 93.9 cm³/mol. The van der Waals surface area contributed by atoms with Gasteiger partial charge in [-0.05, 0) is 24.4 Å². The second-order valence-corrected chi connectivity index (χ2v) is 5.95. The third kappa shape index (κ3) is 4.58. The Hall–Kier alpha value is -1.85. The molecule has 0 spiro atoms. The van der Waals surface area contributed by atoms with Crippen molar-refractivity contribution in [3.63, 3.8) is 0 Å². The van der Waals surface area contributed by atoms with Crippen LogP contribution in [0, 0.1) is 5.41 Å². The summed E-state index contributed by atoms with van der Waals surface area (Å²) >= 11 is 6.80. The summed E-state index contributed by atoms with van der Waals surface area (Å²) in [7, 11) is 0. The van der Waals surface area contributed by atoms with Crippen LogP contribution in [-0.4, -0.2) is 28.1 Å². The van der Waals surface area contributed by atoms with Gasteiger partial charge in [0.25, 0.3) is 0 Å². The van der Waals surface area contributed by atoms with Gasteiger partial charge in [0.05, 0.1) is 0 Å². The molecule has 0 aliphatic rings. The molecule has 0 saturated heterocycles. The van der Waals surface area contributed by atoms with Gasteiger partial charge in [-0.3, -0.25) is 5.41 Å². The molecular formula is C16H17N3S2. The molecule has 21 heavy (non-hydrogen) atoms. The van der Waals surface area contributed by atoms with Crippen LogP contribution in [0.1, 0.15) is 5.56 Å². The molecule has 0 heterocycles. The third-order valence-corrected chi connectivity index (χ3v) is 4.12. The van der Waals surface area contributed by atoms with Gasteiger partial charge in [0.15, 0.2) is 5.11 Å². The first-order valence-corrected chi connectivity index (χ1v) is 7.96. The second kappa shape index (κ2) is 7.81. The first-order chi connectivity index (χ1) is 10.2. The first kappa shape index (κ1) is 15.5. The molecule has 108 valence electrons. The van der Waals surface area contributed by atoms with Crippen molar-refractivity contribution in [2.24, 2.45) is 5.73 Å². The highest BCUT2D eigenvalue weighted by atomic mass is 32.2. The van der Waals surface area contributed by atoms with Crippen LogP contribution in [0.25, 0.3) is 0 Å². The molecule has 0 aromatic heterocycles. The number of thiocarbonyl (C=S) groups is 1. The number of hydrogen-bond acceptors (Lipinski definition) is 3. The van der Waals surface area contributed by atoms with Crippen molar-refractivity contribution < 1.29 is 0 Å². The Morgan fingerprint density at radius 3 is 2.19 bits per heavy atom. The van der Waals surface area contributed by atoms with Crippen LogP contribution < -0.4 is 5.73 Å². The number of benzene rings is 2.